The first-order chi connectivity index (χ1) is 7.74. The normalized spacial score (nSPS) is 26.4. The van der Waals surface area contributed by atoms with Crippen LogP contribution in [0.25, 0.3) is 0 Å². The van der Waals surface area contributed by atoms with E-state index in [2.05, 4.69) is 30.0 Å². The van der Waals surface area contributed by atoms with E-state index in [1.54, 1.807) is 0 Å². The van der Waals surface area contributed by atoms with Gasteiger partial charge in [-0.1, -0.05) is 6.92 Å². The van der Waals surface area contributed by atoms with Crippen LogP contribution in [0.4, 0.5) is 0 Å². The van der Waals surface area contributed by atoms with Crippen molar-refractivity contribution < 1.29 is 0 Å². The number of rotatable bonds is 4. The summed E-state index contributed by atoms with van der Waals surface area (Å²) in [6, 6.07) is 0.534. The Kier molecular flexibility index (Phi) is 3.87. The molecule has 2 rings (SSSR count). The van der Waals surface area contributed by atoms with E-state index >= 15 is 0 Å². The van der Waals surface area contributed by atoms with Gasteiger partial charge in [0.2, 0.25) is 0 Å². The van der Waals surface area contributed by atoms with E-state index in [1.165, 1.54) is 12.0 Å². The third-order valence-electron chi connectivity index (χ3n) is 3.55. The van der Waals surface area contributed by atoms with E-state index in [9.17, 15) is 0 Å². The fourth-order valence-electron chi connectivity index (χ4n) is 2.43. The van der Waals surface area contributed by atoms with Crippen LogP contribution in [0.1, 0.15) is 25.8 Å². The zero-order valence-corrected chi connectivity index (χ0v) is 10.8. The molecule has 0 amide bonds. The smallest absolute Gasteiger partial charge is 0.0534 e. The van der Waals surface area contributed by atoms with Gasteiger partial charge in [-0.2, -0.15) is 5.10 Å². The largest absolute Gasteiger partial charge is 0.295 e. The maximum Gasteiger partial charge on any atom is 0.0534 e. The van der Waals surface area contributed by atoms with Crippen molar-refractivity contribution in [3.63, 3.8) is 0 Å². The van der Waals surface area contributed by atoms with E-state index in [1.807, 2.05) is 10.9 Å². The van der Waals surface area contributed by atoms with E-state index in [0.717, 1.165) is 31.4 Å². The molecule has 0 aromatic carbocycles. The lowest BCUT2D eigenvalue weighted by atomic mass is 10.1. The predicted molar refractivity (Wildman–Crippen MR) is 66.6 cm³/mol. The average Bonchev–Trinajstić information content (AvgIpc) is 2.86. The van der Waals surface area contributed by atoms with Crippen LogP contribution in [0.2, 0.25) is 0 Å². The van der Waals surface area contributed by atoms with Crippen molar-refractivity contribution >= 4 is 11.6 Å². The highest BCUT2D eigenvalue weighted by molar-refractivity contribution is 6.18. The van der Waals surface area contributed by atoms with Crippen LogP contribution in [0, 0.1) is 5.92 Å². The Bertz CT molecular complexity index is 337. The molecule has 0 aliphatic carbocycles. The summed E-state index contributed by atoms with van der Waals surface area (Å²) in [4.78, 5) is 2.48. The van der Waals surface area contributed by atoms with Gasteiger partial charge in [0, 0.05) is 36.8 Å². The van der Waals surface area contributed by atoms with Crippen LogP contribution in [0.5, 0.6) is 0 Å². The molecule has 0 spiro atoms. The number of alkyl halides is 1. The number of hydrogen-bond acceptors (Lipinski definition) is 2. The number of nitrogens with zero attached hydrogens (tertiary/aromatic N) is 3. The van der Waals surface area contributed by atoms with Gasteiger partial charge in [-0.15, -0.1) is 11.6 Å². The van der Waals surface area contributed by atoms with Crippen LogP contribution in [0.15, 0.2) is 12.4 Å². The minimum atomic E-state index is 0.534. The highest BCUT2D eigenvalue weighted by Gasteiger charge is 2.30. The van der Waals surface area contributed by atoms with Crippen molar-refractivity contribution in [2.45, 2.75) is 39.4 Å². The summed E-state index contributed by atoms with van der Waals surface area (Å²) in [6.45, 7) is 7.49. The Morgan fingerprint density at radius 2 is 2.38 bits per heavy atom. The van der Waals surface area contributed by atoms with Gasteiger partial charge in [0.25, 0.3) is 0 Å². The summed E-state index contributed by atoms with van der Waals surface area (Å²) >= 11 is 6.03. The minimum absolute atomic E-state index is 0.534. The molecule has 0 radical (unpaired) electrons. The van der Waals surface area contributed by atoms with Gasteiger partial charge in [-0.05, 0) is 25.8 Å². The summed E-state index contributed by atoms with van der Waals surface area (Å²) in [5.74, 6) is 1.46. The number of halogens is 1. The molecule has 0 saturated carbocycles. The molecule has 16 heavy (non-hydrogen) atoms. The fourth-order valence-corrected chi connectivity index (χ4v) is 2.93. The molecule has 0 bridgehead atoms. The molecule has 2 heterocycles. The summed E-state index contributed by atoms with van der Waals surface area (Å²) in [6.07, 6.45) is 5.37. The van der Waals surface area contributed by atoms with Crippen molar-refractivity contribution in [1.82, 2.24) is 14.7 Å². The van der Waals surface area contributed by atoms with Crippen LogP contribution < -0.4 is 0 Å². The molecule has 1 aromatic rings. The molecule has 0 N–H and O–H groups in total. The number of aromatic nitrogens is 2. The molecule has 2 atom stereocenters. The van der Waals surface area contributed by atoms with Gasteiger partial charge in [-0.25, -0.2) is 0 Å². The first-order valence-corrected chi connectivity index (χ1v) is 6.59. The zero-order valence-electron chi connectivity index (χ0n) is 10.1. The number of likely N-dealkylation sites (tertiary alicyclic amines) is 1. The molecule has 2 unspecified atom stereocenters. The zero-order chi connectivity index (χ0) is 11.5. The van der Waals surface area contributed by atoms with Gasteiger partial charge in [0.15, 0.2) is 0 Å². The van der Waals surface area contributed by atoms with Gasteiger partial charge in [0.05, 0.1) is 6.20 Å². The maximum atomic E-state index is 6.03. The lowest BCUT2D eigenvalue weighted by Gasteiger charge is -2.24. The first kappa shape index (κ1) is 11.9. The SMILES string of the molecule is CCn1cc(CN2CCC(C)C2CCl)cn1. The second-order valence-corrected chi connectivity index (χ2v) is 4.97. The van der Waals surface area contributed by atoms with E-state index in [-0.39, 0.29) is 0 Å². The second-order valence-electron chi connectivity index (χ2n) is 4.66. The van der Waals surface area contributed by atoms with Gasteiger partial charge >= 0.3 is 0 Å². The molecular formula is C12H20ClN3. The number of hydrogen-bond donors (Lipinski definition) is 0. The molecule has 1 aliphatic heterocycles. The second kappa shape index (κ2) is 5.19. The quantitative estimate of drug-likeness (QED) is 0.755. The summed E-state index contributed by atoms with van der Waals surface area (Å²) in [7, 11) is 0. The highest BCUT2D eigenvalue weighted by atomic mass is 35.5. The molecule has 1 fully saturated rings. The molecule has 1 aliphatic rings. The third kappa shape index (κ3) is 2.41. The average molecular weight is 242 g/mol. The van der Waals surface area contributed by atoms with Crippen LogP contribution in [-0.2, 0) is 13.1 Å². The minimum Gasteiger partial charge on any atom is -0.295 e. The van der Waals surface area contributed by atoms with Crippen LogP contribution >= 0.6 is 11.6 Å². The Balaban J connectivity index is 1.98. The molecule has 1 aromatic heterocycles. The standard InChI is InChI=1S/C12H20ClN3/c1-3-16-9-11(7-14-16)8-15-5-4-10(2)12(15)6-13/h7,9-10,12H,3-6,8H2,1-2H3. The lowest BCUT2D eigenvalue weighted by Crippen LogP contribution is -2.32. The summed E-state index contributed by atoms with van der Waals surface area (Å²) in [5, 5.41) is 4.30. The summed E-state index contributed by atoms with van der Waals surface area (Å²) < 4.78 is 1.98. The number of aryl methyl sites for hydroxylation is 1. The van der Waals surface area contributed by atoms with Crippen molar-refractivity contribution in [1.29, 1.82) is 0 Å². The van der Waals surface area contributed by atoms with E-state index in [4.69, 9.17) is 11.6 Å². The monoisotopic (exact) mass is 241 g/mol. The topological polar surface area (TPSA) is 21.1 Å². The van der Waals surface area contributed by atoms with Gasteiger partial charge in [-0.3, -0.25) is 9.58 Å². The fraction of sp³-hybridized carbons (Fsp3) is 0.750. The van der Waals surface area contributed by atoms with Crippen molar-refractivity contribution in [3.8, 4) is 0 Å². The third-order valence-corrected chi connectivity index (χ3v) is 3.87. The predicted octanol–water partition coefficient (Wildman–Crippen LogP) is 2.35. The summed E-state index contributed by atoms with van der Waals surface area (Å²) in [5.41, 5.74) is 1.30. The van der Waals surface area contributed by atoms with Crippen LogP contribution in [-0.4, -0.2) is 33.1 Å². The van der Waals surface area contributed by atoms with Crippen molar-refractivity contribution in [3.05, 3.63) is 18.0 Å². The maximum absolute atomic E-state index is 6.03. The van der Waals surface area contributed by atoms with Crippen molar-refractivity contribution in [2.24, 2.45) is 5.92 Å². The molecule has 3 nitrogen and oxygen atoms in total. The highest BCUT2D eigenvalue weighted by Crippen LogP contribution is 2.26. The molecule has 90 valence electrons. The van der Waals surface area contributed by atoms with E-state index < -0.39 is 0 Å². The molecule has 4 heteroatoms. The first-order valence-electron chi connectivity index (χ1n) is 6.06. The molecule has 1 saturated heterocycles. The lowest BCUT2D eigenvalue weighted by molar-refractivity contribution is 0.242. The Labute approximate surface area is 102 Å². The molecular weight excluding hydrogens is 222 g/mol. The Morgan fingerprint density at radius 3 is 3.00 bits per heavy atom. The Morgan fingerprint density at radius 1 is 1.56 bits per heavy atom. The van der Waals surface area contributed by atoms with Crippen molar-refractivity contribution in [2.75, 3.05) is 12.4 Å². The Hall–Kier alpha value is -0.540. The van der Waals surface area contributed by atoms with Crippen LogP contribution in [0.3, 0.4) is 0 Å². The van der Waals surface area contributed by atoms with Gasteiger partial charge in [0.1, 0.15) is 0 Å². The van der Waals surface area contributed by atoms with E-state index in [0.29, 0.717) is 6.04 Å². The van der Waals surface area contributed by atoms with Gasteiger partial charge < -0.3 is 0 Å².